The number of anilines is 3. The van der Waals surface area contributed by atoms with Crippen LogP contribution in [0.5, 0.6) is 5.75 Å². The average Bonchev–Trinajstić information content (AvgIpc) is 2.74. The Morgan fingerprint density at radius 2 is 1.87 bits per heavy atom. The Morgan fingerprint density at radius 3 is 2.55 bits per heavy atom. The first-order chi connectivity index (χ1) is 14.8. The normalized spacial score (nSPS) is 15.8. The van der Waals surface area contributed by atoms with Crippen molar-refractivity contribution in [3.05, 3.63) is 76.9 Å². The van der Waals surface area contributed by atoms with Crippen molar-refractivity contribution in [2.45, 2.75) is 39.2 Å². The number of ether oxygens (including phenoxy) is 1. The Bertz CT molecular complexity index is 1110. The minimum absolute atomic E-state index is 0.0168. The lowest BCUT2D eigenvalue weighted by atomic mass is 9.87. The van der Waals surface area contributed by atoms with Gasteiger partial charge in [-0.05, 0) is 54.3 Å². The zero-order chi connectivity index (χ0) is 22.2. The van der Waals surface area contributed by atoms with Crippen molar-refractivity contribution >= 4 is 34.7 Å². The molecule has 160 valence electrons. The number of amides is 1. The van der Waals surface area contributed by atoms with E-state index in [9.17, 15) is 4.79 Å². The fraction of sp³-hybridized carbons (Fsp3) is 0.280. The van der Waals surface area contributed by atoms with E-state index in [1.54, 1.807) is 18.3 Å². The van der Waals surface area contributed by atoms with Gasteiger partial charge in [0.2, 0.25) is 0 Å². The number of aromatic nitrogens is 1. The predicted molar refractivity (Wildman–Crippen MR) is 126 cm³/mol. The molecule has 6 heteroatoms. The molecular formula is C25H26ClN3O2. The summed E-state index contributed by atoms with van der Waals surface area (Å²) in [6.45, 7) is 8.94. The van der Waals surface area contributed by atoms with Crippen molar-refractivity contribution in [3.8, 4) is 5.75 Å². The molecule has 0 bridgehead atoms. The largest absolute Gasteiger partial charge is 0.488 e. The van der Waals surface area contributed by atoms with E-state index in [2.05, 4.69) is 31.1 Å². The van der Waals surface area contributed by atoms with E-state index in [0.29, 0.717) is 28.8 Å². The number of benzene rings is 2. The van der Waals surface area contributed by atoms with Crippen molar-refractivity contribution < 1.29 is 9.53 Å². The highest BCUT2D eigenvalue weighted by Crippen LogP contribution is 2.42. The minimum atomic E-state index is -0.220. The van der Waals surface area contributed by atoms with Gasteiger partial charge in [-0.3, -0.25) is 4.79 Å². The van der Waals surface area contributed by atoms with Crippen LogP contribution in [-0.4, -0.2) is 23.5 Å². The first-order valence-corrected chi connectivity index (χ1v) is 10.7. The highest BCUT2D eigenvalue weighted by molar-refractivity contribution is 6.33. The van der Waals surface area contributed by atoms with Crippen LogP contribution in [-0.2, 0) is 5.41 Å². The van der Waals surface area contributed by atoms with E-state index in [-0.39, 0.29) is 17.4 Å². The number of carbonyl (C=O) groups excluding carboxylic acids is 1. The molecule has 3 aromatic rings. The number of hydrogen-bond acceptors (Lipinski definition) is 4. The molecule has 2 heterocycles. The van der Waals surface area contributed by atoms with Gasteiger partial charge < -0.3 is 15.0 Å². The molecule has 1 amide bonds. The monoisotopic (exact) mass is 435 g/mol. The van der Waals surface area contributed by atoms with Crippen molar-refractivity contribution in [1.82, 2.24) is 4.98 Å². The number of pyridine rings is 1. The maximum Gasteiger partial charge on any atom is 0.259 e. The molecule has 1 N–H and O–H groups in total. The number of para-hydroxylation sites is 1. The van der Waals surface area contributed by atoms with E-state index < -0.39 is 0 Å². The number of nitrogens with one attached hydrogen (secondary N) is 1. The first-order valence-electron chi connectivity index (χ1n) is 10.3. The lowest BCUT2D eigenvalue weighted by Crippen LogP contribution is -2.38. The highest BCUT2D eigenvalue weighted by Gasteiger charge is 2.31. The summed E-state index contributed by atoms with van der Waals surface area (Å²) in [6.07, 6.45) is 1.71. The van der Waals surface area contributed by atoms with Crippen molar-refractivity contribution in [1.29, 1.82) is 0 Å². The third-order valence-corrected chi connectivity index (χ3v) is 5.68. The van der Waals surface area contributed by atoms with Crippen LogP contribution < -0.4 is 15.0 Å². The summed E-state index contributed by atoms with van der Waals surface area (Å²) in [7, 11) is 0. The molecule has 5 nitrogen and oxygen atoms in total. The number of nitrogens with zero attached hydrogens (tertiary/aromatic N) is 2. The first kappa shape index (κ1) is 21.2. The summed E-state index contributed by atoms with van der Waals surface area (Å²) in [5, 5.41) is 3.54. The Kier molecular flexibility index (Phi) is 5.63. The van der Waals surface area contributed by atoms with Crippen LogP contribution in [0.4, 0.5) is 17.2 Å². The molecule has 0 radical (unpaired) electrons. The molecule has 4 rings (SSSR count). The van der Waals surface area contributed by atoms with Crippen LogP contribution in [0.25, 0.3) is 0 Å². The lowest BCUT2D eigenvalue weighted by molar-refractivity contribution is 0.102. The third kappa shape index (κ3) is 4.23. The second kappa shape index (κ2) is 8.23. The molecule has 0 fully saturated rings. The van der Waals surface area contributed by atoms with E-state index in [1.807, 2.05) is 54.3 Å². The van der Waals surface area contributed by atoms with Gasteiger partial charge >= 0.3 is 0 Å². The Labute approximate surface area is 188 Å². The summed E-state index contributed by atoms with van der Waals surface area (Å²) in [4.78, 5) is 19.6. The van der Waals surface area contributed by atoms with Crippen LogP contribution in [0.3, 0.4) is 0 Å². The summed E-state index contributed by atoms with van der Waals surface area (Å²) in [5.41, 5.74) is 3.26. The molecule has 1 aliphatic rings. The van der Waals surface area contributed by atoms with Gasteiger partial charge in [0.15, 0.2) is 11.6 Å². The minimum Gasteiger partial charge on any atom is -0.488 e. The zero-order valence-electron chi connectivity index (χ0n) is 18.1. The number of halogens is 1. The lowest BCUT2D eigenvalue weighted by Gasteiger charge is -2.37. The van der Waals surface area contributed by atoms with Gasteiger partial charge in [-0.15, -0.1) is 0 Å². The van der Waals surface area contributed by atoms with Gasteiger partial charge in [0.1, 0.15) is 6.61 Å². The van der Waals surface area contributed by atoms with Crippen LogP contribution >= 0.6 is 11.6 Å². The van der Waals surface area contributed by atoms with Crippen LogP contribution in [0.15, 0.2) is 60.8 Å². The van der Waals surface area contributed by atoms with Crippen molar-refractivity contribution in [3.63, 3.8) is 0 Å². The Hall–Kier alpha value is -3.05. The second-order valence-electron chi connectivity index (χ2n) is 8.77. The van der Waals surface area contributed by atoms with E-state index in [4.69, 9.17) is 16.3 Å². The second-order valence-corrected chi connectivity index (χ2v) is 9.18. The highest BCUT2D eigenvalue weighted by atomic mass is 35.5. The fourth-order valence-electron chi connectivity index (χ4n) is 3.69. The Morgan fingerprint density at radius 1 is 1.13 bits per heavy atom. The van der Waals surface area contributed by atoms with Gasteiger partial charge in [0, 0.05) is 11.9 Å². The molecule has 1 aromatic heterocycles. The SMILES string of the molecule is CC1COc2c(C(=O)Nc3ccc(C(C)(C)C)cc3)cccc2N1c1ncccc1Cl. The van der Waals surface area contributed by atoms with Crippen LogP contribution in [0.1, 0.15) is 43.6 Å². The number of carbonyl (C=O) groups is 1. The molecule has 1 unspecified atom stereocenters. The smallest absolute Gasteiger partial charge is 0.259 e. The summed E-state index contributed by atoms with van der Waals surface area (Å²) < 4.78 is 6.01. The molecule has 2 aromatic carbocycles. The van der Waals surface area contributed by atoms with Gasteiger partial charge in [-0.25, -0.2) is 4.98 Å². The van der Waals surface area contributed by atoms with E-state index in [0.717, 1.165) is 11.4 Å². The van der Waals surface area contributed by atoms with Crippen LogP contribution in [0.2, 0.25) is 5.02 Å². The standard InChI is InChI=1S/C25H26ClN3O2/c1-16-15-31-22-19(24(30)28-18-12-10-17(11-13-18)25(2,3)4)7-5-9-21(22)29(16)23-20(26)8-6-14-27-23/h5-14,16H,15H2,1-4H3,(H,28,30). The molecular weight excluding hydrogens is 410 g/mol. The molecule has 1 atom stereocenters. The van der Waals surface area contributed by atoms with Gasteiger partial charge in [0.25, 0.3) is 5.91 Å². The quantitative estimate of drug-likeness (QED) is 0.531. The average molecular weight is 436 g/mol. The molecule has 0 aliphatic carbocycles. The number of hydrogen-bond donors (Lipinski definition) is 1. The fourth-order valence-corrected chi connectivity index (χ4v) is 3.90. The molecule has 0 spiro atoms. The third-order valence-electron chi connectivity index (χ3n) is 5.38. The van der Waals surface area contributed by atoms with Crippen molar-refractivity contribution in [2.24, 2.45) is 0 Å². The maximum absolute atomic E-state index is 13.1. The summed E-state index contributed by atoms with van der Waals surface area (Å²) >= 11 is 6.42. The molecule has 31 heavy (non-hydrogen) atoms. The van der Waals surface area contributed by atoms with Crippen molar-refractivity contribution in [2.75, 3.05) is 16.8 Å². The van der Waals surface area contributed by atoms with E-state index >= 15 is 0 Å². The number of fused-ring (bicyclic) bond motifs is 1. The zero-order valence-corrected chi connectivity index (χ0v) is 18.9. The summed E-state index contributed by atoms with van der Waals surface area (Å²) in [6, 6.07) is 17.1. The molecule has 1 aliphatic heterocycles. The number of rotatable bonds is 3. The van der Waals surface area contributed by atoms with Gasteiger partial charge in [-0.2, -0.15) is 0 Å². The van der Waals surface area contributed by atoms with Gasteiger partial charge in [-0.1, -0.05) is 50.6 Å². The topological polar surface area (TPSA) is 54.5 Å². The molecule has 0 saturated carbocycles. The predicted octanol–water partition coefficient (Wildman–Crippen LogP) is 6.20. The van der Waals surface area contributed by atoms with E-state index in [1.165, 1.54) is 5.56 Å². The Balaban J connectivity index is 1.65. The van der Waals surface area contributed by atoms with Crippen LogP contribution in [0, 0.1) is 0 Å². The maximum atomic E-state index is 13.1. The summed E-state index contributed by atoms with van der Waals surface area (Å²) in [5.74, 6) is 0.963. The molecule has 0 saturated heterocycles. The van der Waals surface area contributed by atoms with Gasteiger partial charge in [0.05, 0.1) is 22.3 Å².